The van der Waals surface area contributed by atoms with E-state index in [1.807, 2.05) is 51.5 Å². The molecule has 1 aliphatic heterocycles. The highest BCUT2D eigenvalue weighted by Crippen LogP contribution is 2.39. The number of carbonyl (C=O) groups is 1. The third kappa shape index (κ3) is 5.16. The summed E-state index contributed by atoms with van der Waals surface area (Å²) in [4.78, 5) is 24.4. The van der Waals surface area contributed by atoms with Gasteiger partial charge in [-0.1, -0.05) is 26.8 Å². The molecule has 7 heteroatoms. The van der Waals surface area contributed by atoms with E-state index in [-0.39, 0.29) is 23.4 Å². The van der Waals surface area contributed by atoms with Crippen LogP contribution in [0.15, 0.2) is 36.2 Å². The second kappa shape index (κ2) is 8.27. The Morgan fingerprint density at radius 3 is 2.71 bits per heavy atom. The largest absolute Gasteiger partial charge is 0.388 e. The monoisotopic (exact) mass is 402 g/mol. The molecule has 0 saturated carbocycles. The van der Waals surface area contributed by atoms with Gasteiger partial charge in [0.1, 0.15) is 6.33 Å². The first-order valence-electron chi connectivity index (χ1n) is 9.69. The smallest absolute Gasteiger partial charge is 0.220 e. The first-order valence-corrected chi connectivity index (χ1v) is 10.6. The number of hydrogen-bond donors (Lipinski definition) is 2. The van der Waals surface area contributed by atoms with Crippen LogP contribution in [0.2, 0.25) is 0 Å². The molecule has 0 aromatic carbocycles. The molecule has 0 spiro atoms. The summed E-state index contributed by atoms with van der Waals surface area (Å²) in [5.74, 6) is -0.0239. The summed E-state index contributed by atoms with van der Waals surface area (Å²) in [6.45, 7) is 9.37. The normalized spacial score (nSPS) is 26.2. The van der Waals surface area contributed by atoms with Gasteiger partial charge in [0.25, 0.3) is 0 Å². The molecule has 3 rings (SSSR count). The summed E-state index contributed by atoms with van der Waals surface area (Å²) in [7, 11) is 0. The van der Waals surface area contributed by atoms with Gasteiger partial charge in [-0.3, -0.25) is 9.69 Å². The summed E-state index contributed by atoms with van der Waals surface area (Å²) in [5, 5.41) is 16.4. The lowest BCUT2D eigenvalue weighted by Gasteiger charge is -2.49. The van der Waals surface area contributed by atoms with E-state index in [0.717, 1.165) is 17.0 Å². The summed E-state index contributed by atoms with van der Waals surface area (Å²) in [6.07, 6.45) is 6.17. The van der Waals surface area contributed by atoms with Crippen molar-refractivity contribution < 1.29 is 9.90 Å². The van der Waals surface area contributed by atoms with E-state index in [1.54, 1.807) is 11.3 Å². The predicted octanol–water partition coefficient (Wildman–Crippen LogP) is 3.16. The van der Waals surface area contributed by atoms with Crippen molar-refractivity contribution in [3.05, 3.63) is 46.7 Å². The molecule has 1 saturated heterocycles. The fraction of sp³-hybridized carbons (Fsp3) is 0.571. The lowest BCUT2D eigenvalue weighted by molar-refractivity contribution is -0.130. The molecule has 1 amide bonds. The first-order chi connectivity index (χ1) is 13.2. The molecule has 3 heterocycles. The van der Waals surface area contributed by atoms with Gasteiger partial charge in [-0.05, 0) is 30.2 Å². The fourth-order valence-corrected chi connectivity index (χ4v) is 4.68. The quantitative estimate of drug-likeness (QED) is 0.803. The molecule has 2 N–H and O–H groups in total. The van der Waals surface area contributed by atoms with Gasteiger partial charge in [0.15, 0.2) is 0 Å². The Balaban J connectivity index is 1.89. The maximum Gasteiger partial charge on any atom is 0.220 e. The van der Waals surface area contributed by atoms with Crippen molar-refractivity contribution in [1.29, 1.82) is 0 Å². The minimum absolute atomic E-state index is 0.0239. The minimum atomic E-state index is -0.980. The van der Waals surface area contributed by atoms with Crippen LogP contribution in [0.5, 0.6) is 0 Å². The number of amides is 1. The zero-order chi connectivity index (χ0) is 20.4. The van der Waals surface area contributed by atoms with Gasteiger partial charge in [0.05, 0.1) is 17.7 Å². The zero-order valence-corrected chi connectivity index (χ0v) is 17.9. The highest BCUT2D eigenvalue weighted by Gasteiger charge is 2.46. The van der Waals surface area contributed by atoms with E-state index in [1.165, 1.54) is 6.33 Å². The van der Waals surface area contributed by atoms with E-state index >= 15 is 0 Å². The van der Waals surface area contributed by atoms with Crippen LogP contribution in [0, 0.1) is 5.41 Å². The zero-order valence-electron chi connectivity index (χ0n) is 17.1. The van der Waals surface area contributed by atoms with Crippen LogP contribution < -0.4 is 5.32 Å². The Hall–Kier alpha value is -1.83. The number of carbonyl (C=O) groups excluding carboxylic acids is 1. The summed E-state index contributed by atoms with van der Waals surface area (Å²) < 4.78 is 0. The first kappa shape index (κ1) is 20.9. The Bertz CT molecular complexity index is 771. The number of aromatic nitrogens is 2. The van der Waals surface area contributed by atoms with Crippen LogP contribution >= 0.6 is 11.3 Å². The SMILES string of the molecule is CC(C)(C)CC(=O)N[C@H]1[C@H](c2cccs2)N(Cc2cncnc2)CC[C@@]1(C)O. The molecular weight excluding hydrogens is 372 g/mol. The Kier molecular flexibility index (Phi) is 6.17. The van der Waals surface area contributed by atoms with Crippen molar-refractivity contribution in [3.63, 3.8) is 0 Å². The number of piperidine rings is 1. The average molecular weight is 403 g/mol. The van der Waals surface area contributed by atoms with Gasteiger partial charge in [0, 0.05) is 42.3 Å². The molecular formula is C21H30N4O2S. The second-order valence-electron chi connectivity index (χ2n) is 9.07. The summed E-state index contributed by atoms with van der Waals surface area (Å²) >= 11 is 1.65. The number of thiophene rings is 1. The lowest BCUT2D eigenvalue weighted by atomic mass is 9.81. The highest BCUT2D eigenvalue weighted by atomic mass is 32.1. The number of likely N-dealkylation sites (tertiary alicyclic amines) is 1. The Morgan fingerprint density at radius 2 is 2.11 bits per heavy atom. The van der Waals surface area contributed by atoms with Crippen molar-refractivity contribution in [1.82, 2.24) is 20.2 Å². The van der Waals surface area contributed by atoms with Crippen LogP contribution in [0.1, 0.15) is 57.0 Å². The highest BCUT2D eigenvalue weighted by molar-refractivity contribution is 7.10. The van der Waals surface area contributed by atoms with E-state index in [2.05, 4.69) is 26.3 Å². The average Bonchev–Trinajstić information content (AvgIpc) is 3.11. The van der Waals surface area contributed by atoms with Gasteiger partial charge in [-0.2, -0.15) is 0 Å². The van der Waals surface area contributed by atoms with E-state index in [9.17, 15) is 9.90 Å². The molecule has 28 heavy (non-hydrogen) atoms. The molecule has 1 aliphatic rings. The van der Waals surface area contributed by atoms with E-state index in [4.69, 9.17) is 0 Å². The summed E-state index contributed by atoms with van der Waals surface area (Å²) in [6, 6.07) is 3.60. The Labute approximate surface area is 171 Å². The maximum absolute atomic E-state index is 12.7. The molecule has 0 bridgehead atoms. The van der Waals surface area contributed by atoms with Gasteiger partial charge < -0.3 is 10.4 Å². The molecule has 0 radical (unpaired) electrons. The number of aliphatic hydroxyl groups is 1. The van der Waals surface area contributed by atoms with E-state index < -0.39 is 5.60 Å². The lowest BCUT2D eigenvalue weighted by Crippen LogP contribution is -2.62. The van der Waals surface area contributed by atoms with Crippen LogP contribution in [0.25, 0.3) is 0 Å². The number of nitrogens with zero attached hydrogens (tertiary/aromatic N) is 3. The molecule has 2 aromatic heterocycles. The van der Waals surface area contributed by atoms with Gasteiger partial charge >= 0.3 is 0 Å². The van der Waals surface area contributed by atoms with Crippen LogP contribution in [-0.2, 0) is 11.3 Å². The molecule has 0 aliphatic carbocycles. The van der Waals surface area contributed by atoms with Crippen LogP contribution in [0.4, 0.5) is 0 Å². The van der Waals surface area contributed by atoms with E-state index in [0.29, 0.717) is 19.4 Å². The molecule has 152 valence electrons. The minimum Gasteiger partial charge on any atom is -0.388 e. The molecule has 1 fully saturated rings. The molecule has 2 aromatic rings. The maximum atomic E-state index is 12.7. The molecule has 3 atom stereocenters. The predicted molar refractivity (Wildman–Crippen MR) is 111 cm³/mol. The van der Waals surface area contributed by atoms with Gasteiger partial charge in [-0.15, -0.1) is 11.3 Å². The van der Waals surface area contributed by atoms with Gasteiger partial charge in [0.2, 0.25) is 5.91 Å². The fourth-order valence-electron chi connectivity index (χ4n) is 3.78. The standard InChI is InChI=1S/C21H30N4O2S/c1-20(2,3)10-17(26)24-19-18(16-6-5-9-28-16)25(8-7-21(19,4)27)13-15-11-22-14-23-12-15/h5-6,9,11-12,14,18-19,27H,7-8,10,13H2,1-4H3,(H,24,26)/t18-,19-,21+/m0/s1. The van der Waals surface area contributed by atoms with Crippen molar-refractivity contribution in [2.45, 2.75) is 64.8 Å². The van der Waals surface area contributed by atoms with Gasteiger partial charge in [-0.25, -0.2) is 9.97 Å². The van der Waals surface area contributed by atoms with Crippen molar-refractivity contribution in [2.75, 3.05) is 6.54 Å². The second-order valence-corrected chi connectivity index (χ2v) is 10.0. The third-order valence-electron chi connectivity index (χ3n) is 5.13. The molecule has 6 nitrogen and oxygen atoms in total. The van der Waals surface area contributed by atoms with Crippen LogP contribution in [0.3, 0.4) is 0 Å². The number of rotatable bonds is 5. The summed E-state index contributed by atoms with van der Waals surface area (Å²) in [5.41, 5.74) is -0.0685. The third-order valence-corrected chi connectivity index (χ3v) is 6.07. The van der Waals surface area contributed by atoms with Crippen molar-refractivity contribution in [3.8, 4) is 0 Å². The van der Waals surface area contributed by atoms with Crippen LogP contribution in [-0.4, -0.2) is 44.1 Å². The van der Waals surface area contributed by atoms with Crippen molar-refractivity contribution >= 4 is 17.2 Å². The number of nitrogens with one attached hydrogen (secondary N) is 1. The topological polar surface area (TPSA) is 78.4 Å². The number of hydrogen-bond acceptors (Lipinski definition) is 6. The Morgan fingerprint density at radius 1 is 1.39 bits per heavy atom. The molecule has 0 unspecified atom stereocenters. The van der Waals surface area contributed by atoms with Crippen molar-refractivity contribution in [2.24, 2.45) is 5.41 Å².